The summed E-state index contributed by atoms with van der Waals surface area (Å²) in [4.78, 5) is 0. The maximum atomic E-state index is 12.9. The quantitative estimate of drug-likeness (QED) is 0.866. The third-order valence-electron chi connectivity index (χ3n) is 4.51. The second kappa shape index (κ2) is 5.04. The Hall–Kier alpha value is -1.44. The monoisotopic (exact) mass is 335 g/mol. The van der Waals surface area contributed by atoms with Crippen LogP contribution in [0.2, 0.25) is 0 Å². The first-order chi connectivity index (χ1) is 10.6. The van der Waals surface area contributed by atoms with Gasteiger partial charge in [0.25, 0.3) is 10.0 Å². The van der Waals surface area contributed by atoms with Crippen LogP contribution >= 0.6 is 11.3 Å². The summed E-state index contributed by atoms with van der Waals surface area (Å²) in [5.74, 6) is 0. The Balaban J connectivity index is 1.72. The smallest absolute Gasteiger partial charge is 0.253 e. The summed E-state index contributed by atoms with van der Waals surface area (Å²) >= 11 is 1.29. The van der Waals surface area contributed by atoms with E-state index in [0.29, 0.717) is 4.21 Å². The zero-order valence-electron chi connectivity index (χ0n) is 12.2. The molecular weight excluding hydrogens is 318 g/mol. The molecule has 0 amide bonds. The van der Waals surface area contributed by atoms with Crippen LogP contribution in [-0.2, 0) is 17.1 Å². The molecule has 22 heavy (non-hydrogen) atoms. The van der Waals surface area contributed by atoms with Crippen molar-refractivity contribution in [2.75, 3.05) is 0 Å². The van der Waals surface area contributed by atoms with Gasteiger partial charge in [-0.3, -0.25) is 4.68 Å². The van der Waals surface area contributed by atoms with Gasteiger partial charge in [-0.25, -0.2) is 8.42 Å². The highest BCUT2D eigenvalue weighted by Gasteiger charge is 2.44. The molecule has 1 fully saturated rings. The molecule has 0 radical (unpaired) electrons. The van der Waals surface area contributed by atoms with Gasteiger partial charge < -0.3 is 0 Å². The normalized spacial score (nSPS) is 25.4. The van der Waals surface area contributed by atoms with E-state index in [0.717, 1.165) is 25.0 Å². The number of nitrogens with zero attached hydrogens (tertiary/aromatic N) is 3. The third kappa shape index (κ3) is 2.07. The van der Waals surface area contributed by atoms with Crippen molar-refractivity contribution in [3.8, 4) is 0 Å². The van der Waals surface area contributed by atoms with E-state index >= 15 is 0 Å². The lowest BCUT2D eigenvalue weighted by atomic mass is 10.0. The highest BCUT2D eigenvalue weighted by Crippen LogP contribution is 2.42. The zero-order chi connectivity index (χ0) is 15.3. The lowest BCUT2D eigenvalue weighted by Gasteiger charge is -2.32. The van der Waals surface area contributed by atoms with Crippen LogP contribution in [0.5, 0.6) is 0 Å². The molecule has 2 aliphatic heterocycles. The van der Waals surface area contributed by atoms with E-state index in [4.69, 9.17) is 0 Å². The van der Waals surface area contributed by atoms with Crippen molar-refractivity contribution in [2.24, 2.45) is 7.05 Å². The van der Waals surface area contributed by atoms with Gasteiger partial charge in [0.1, 0.15) is 4.21 Å². The van der Waals surface area contributed by atoms with E-state index in [1.165, 1.54) is 16.9 Å². The molecule has 0 saturated carbocycles. The van der Waals surface area contributed by atoms with Gasteiger partial charge in [0.2, 0.25) is 0 Å². The number of aryl methyl sites for hydroxylation is 1. The second-order valence-corrected chi connectivity index (χ2v) is 8.82. The molecule has 0 aromatic carbocycles. The Morgan fingerprint density at radius 1 is 1.32 bits per heavy atom. The van der Waals surface area contributed by atoms with E-state index in [1.54, 1.807) is 22.6 Å². The average Bonchev–Trinajstić information content (AvgIpc) is 3.19. The highest BCUT2D eigenvalue weighted by molar-refractivity contribution is 7.91. The molecule has 0 aliphatic carbocycles. The molecular formula is C15H17N3O2S2. The van der Waals surface area contributed by atoms with Gasteiger partial charge in [-0.1, -0.05) is 12.1 Å². The van der Waals surface area contributed by atoms with Crippen molar-refractivity contribution in [2.45, 2.75) is 35.6 Å². The minimum Gasteiger partial charge on any atom is -0.268 e. The average molecular weight is 335 g/mol. The Kier molecular flexibility index (Phi) is 3.25. The summed E-state index contributed by atoms with van der Waals surface area (Å²) in [5.41, 5.74) is 2.30. The molecule has 116 valence electrons. The van der Waals surface area contributed by atoms with Crippen LogP contribution in [0.4, 0.5) is 0 Å². The summed E-state index contributed by atoms with van der Waals surface area (Å²) in [7, 11) is -1.45. The maximum Gasteiger partial charge on any atom is 0.253 e. The minimum atomic E-state index is -3.37. The molecule has 5 nitrogen and oxygen atoms in total. The predicted molar refractivity (Wildman–Crippen MR) is 86.0 cm³/mol. The van der Waals surface area contributed by atoms with E-state index in [9.17, 15) is 8.42 Å². The number of thiophene rings is 1. The van der Waals surface area contributed by atoms with Crippen LogP contribution in [0.3, 0.4) is 0 Å². The number of fused-ring (bicyclic) bond motifs is 2. The fourth-order valence-electron chi connectivity index (χ4n) is 3.56. The van der Waals surface area contributed by atoms with Crippen molar-refractivity contribution in [1.82, 2.24) is 14.1 Å². The largest absolute Gasteiger partial charge is 0.268 e. The number of sulfonamides is 1. The summed E-state index contributed by atoms with van der Waals surface area (Å²) in [6.07, 6.45) is 6.49. The van der Waals surface area contributed by atoms with Crippen LogP contribution in [0.1, 0.15) is 25.0 Å². The molecule has 2 aromatic heterocycles. The SMILES string of the molecule is Cn1nccc1C1=C[C@H]2CC[C@@H](C1)N2S(=O)(=O)c1cccs1. The van der Waals surface area contributed by atoms with Crippen molar-refractivity contribution in [3.63, 3.8) is 0 Å². The molecule has 7 heteroatoms. The molecule has 0 unspecified atom stereocenters. The van der Waals surface area contributed by atoms with Gasteiger partial charge >= 0.3 is 0 Å². The van der Waals surface area contributed by atoms with Crippen molar-refractivity contribution in [1.29, 1.82) is 0 Å². The molecule has 2 bridgehead atoms. The summed E-state index contributed by atoms with van der Waals surface area (Å²) in [6, 6.07) is 5.51. The summed E-state index contributed by atoms with van der Waals surface area (Å²) in [5, 5.41) is 6.03. The Labute approximate surface area is 133 Å². The van der Waals surface area contributed by atoms with Crippen LogP contribution in [-0.4, -0.2) is 34.6 Å². The van der Waals surface area contributed by atoms with Crippen molar-refractivity contribution in [3.05, 3.63) is 41.5 Å². The van der Waals surface area contributed by atoms with E-state index in [2.05, 4.69) is 11.2 Å². The van der Waals surface area contributed by atoms with E-state index in [1.807, 2.05) is 23.2 Å². The predicted octanol–water partition coefficient (Wildman–Crippen LogP) is 2.49. The third-order valence-corrected chi connectivity index (χ3v) is 7.86. The number of aromatic nitrogens is 2. The van der Waals surface area contributed by atoms with Crippen molar-refractivity contribution < 1.29 is 8.42 Å². The van der Waals surface area contributed by atoms with Gasteiger partial charge in [0.15, 0.2) is 0 Å². The summed E-state index contributed by atoms with van der Waals surface area (Å²) in [6.45, 7) is 0. The lowest BCUT2D eigenvalue weighted by Crippen LogP contribution is -2.42. The van der Waals surface area contributed by atoms with Gasteiger partial charge in [-0.2, -0.15) is 9.40 Å². The zero-order valence-corrected chi connectivity index (χ0v) is 13.8. The lowest BCUT2D eigenvalue weighted by molar-refractivity contribution is 0.346. The first-order valence-corrected chi connectivity index (χ1v) is 9.65. The molecule has 0 N–H and O–H groups in total. The topological polar surface area (TPSA) is 55.2 Å². The fourth-order valence-corrected chi connectivity index (χ4v) is 6.47. The van der Waals surface area contributed by atoms with Gasteiger partial charge in [-0.05, 0) is 42.3 Å². The molecule has 0 spiro atoms. The van der Waals surface area contributed by atoms with Crippen LogP contribution < -0.4 is 0 Å². The highest BCUT2D eigenvalue weighted by atomic mass is 32.2. The second-order valence-electron chi connectivity index (χ2n) is 5.80. The molecule has 2 atom stereocenters. The Morgan fingerprint density at radius 2 is 2.18 bits per heavy atom. The van der Waals surface area contributed by atoms with Gasteiger partial charge in [-0.15, -0.1) is 11.3 Å². The Morgan fingerprint density at radius 3 is 2.82 bits per heavy atom. The molecule has 4 heterocycles. The van der Waals surface area contributed by atoms with Gasteiger partial charge in [0, 0.05) is 25.3 Å². The number of hydrogen-bond donors (Lipinski definition) is 0. The standard InChI is InChI=1S/C15H17N3O2S2/c1-17-14(6-7-16-17)11-9-12-4-5-13(10-11)18(12)22(19,20)15-3-2-8-21-15/h2-3,6-9,12-13H,4-5,10H2,1H3/t12-,13+/m1/s1. The molecule has 4 rings (SSSR count). The van der Waals surface area contributed by atoms with E-state index < -0.39 is 10.0 Å². The molecule has 2 aliphatic rings. The van der Waals surface area contributed by atoms with Crippen LogP contribution in [0, 0.1) is 0 Å². The van der Waals surface area contributed by atoms with Crippen LogP contribution in [0.15, 0.2) is 40.1 Å². The minimum absolute atomic E-state index is 0.0317. The maximum absolute atomic E-state index is 12.9. The van der Waals surface area contributed by atoms with E-state index in [-0.39, 0.29) is 12.1 Å². The number of hydrogen-bond acceptors (Lipinski definition) is 4. The van der Waals surface area contributed by atoms with Crippen molar-refractivity contribution >= 4 is 26.9 Å². The summed E-state index contributed by atoms with van der Waals surface area (Å²) < 4.78 is 29.7. The van der Waals surface area contributed by atoms with Crippen LogP contribution in [0.25, 0.3) is 5.57 Å². The first kappa shape index (κ1) is 14.2. The van der Waals surface area contributed by atoms with Gasteiger partial charge in [0.05, 0.1) is 5.69 Å². The molecule has 2 aromatic rings. The molecule has 1 saturated heterocycles. The number of rotatable bonds is 3. The fraction of sp³-hybridized carbons (Fsp3) is 0.400. The first-order valence-electron chi connectivity index (χ1n) is 7.33. The Bertz CT molecular complexity index is 821.